The van der Waals surface area contributed by atoms with E-state index in [1.807, 2.05) is 30.3 Å². The second-order valence-corrected chi connectivity index (χ2v) is 5.85. The lowest BCUT2D eigenvalue weighted by Gasteiger charge is -2.08. The Morgan fingerprint density at radius 1 is 1.10 bits per heavy atom. The smallest absolute Gasteiger partial charge is 0.276 e. The number of benzene rings is 1. The van der Waals surface area contributed by atoms with Crippen LogP contribution in [-0.4, -0.2) is 16.1 Å². The van der Waals surface area contributed by atoms with Crippen LogP contribution in [0.1, 0.15) is 60.3 Å². The molecule has 0 saturated heterocycles. The maximum atomic E-state index is 12.1. The van der Waals surface area contributed by atoms with Gasteiger partial charge in [0, 0.05) is 11.6 Å². The Morgan fingerprint density at radius 2 is 1.81 bits per heavy atom. The van der Waals surface area contributed by atoms with Crippen LogP contribution in [0, 0.1) is 0 Å². The van der Waals surface area contributed by atoms with Crippen molar-refractivity contribution in [1.82, 2.24) is 10.2 Å². The average molecular weight is 281 g/mol. The molecule has 4 heteroatoms. The third-order valence-electron chi connectivity index (χ3n) is 3.75. The molecule has 1 fully saturated rings. The molecule has 1 aromatic carbocycles. The van der Waals surface area contributed by atoms with Gasteiger partial charge in [-0.15, -0.1) is 5.10 Å². The molecule has 3 rings (SSSR count). The van der Waals surface area contributed by atoms with Crippen molar-refractivity contribution in [1.29, 1.82) is 0 Å². The maximum absolute atomic E-state index is 12.1. The summed E-state index contributed by atoms with van der Waals surface area (Å²) in [5.41, 5.74) is 3.37. The predicted octanol–water partition coefficient (Wildman–Crippen LogP) is 3.73. The van der Waals surface area contributed by atoms with Crippen molar-refractivity contribution in [3.05, 3.63) is 53.3 Å². The quantitative estimate of drug-likeness (QED) is 0.929. The first-order chi connectivity index (χ1) is 10.1. The van der Waals surface area contributed by atoms with E-state index in [-0.39, 0.29) is 5.91 Å². The summed E-state index contributed by atoms with van der Waals surface area (Å²) in [4.78, 5) is 12.1. The van der Waals surface area contributed by atoms with Crippen molar-refractivity contribution in [2.24, 2.45) is 0 Å². The van der Waals surface area contributed by atoms with Crippen molar-refractivity contribution in [2.75, 3.05) is 5.32 Å². The Bertz CT molecular complexity index is 628. The van der Waals surface area contributed by atoms with Crippen LogP contribution in [0.2, 0.25) is 0 Å². The van der Waals surface area contributed by atoms with E-state index < -0.39 is 0 Å². The van der Waals surface area contributed by atoms with Crippen LogP contribution in [0.25, 0.3) is 0 Å². The first kappa shape index (κ1) is 13.7. The van der Waals surface area contributed by atoms with Gasteiger partial charge >= 0.3 is 0 Å². The molecule has 0 aliphatic heterocycles. The SMILES string of the molecule is CC(C)c1ccc(NC(=O)c2ccc(C3CC3)nn2)cc1. The molecule has 0 atom stereocenters. The Balaban J connectivity index is 1.67. The number of hydrogen-bond acceptors (Lipinski definition) is 3. The molecule has 2 aromatic rings. The van der Waals surface area contributed by atoms with Crippen molar-refractivity contribution < 1.29 is 4.79 Å². The number of anilines is 1. The van der Waals surface area contributed by atoms with E-state index in [2.05, 4.69) is 29.4 Å². The molecule has 108 valence electrons. The van der Waals surface area contributed by atoms with Gasteiger partial charge in [0.05, 0.1) is 5.69 Å². The third-order valence-corrected chi connectivity index (χ3v) is 3.75. The first-order valence-corrected chi connectivity index (χ1v) is 7.38. The van der Waals surface area contributed by atoms with E-state index in [9.17, 15) is 4.79 Å². The molecule has 1 aliphatic carbocycles. The van der Waals surface area contributed by atoms with Crippen LogP contribution in [0.4, 0.5) is 5.69 Å². The molecule has 1 amide bonds. The Labute approximate surface area is 124 Å². The Hall–Kier alpha value is -2.23. The van der Waals surface area contributed by atoms with Gasteiger partial charge in [0.1, 0.15) is 0 Å². The highest BCUT2D eigenvalue weighted by molar-refractivity contribution is 6.02. The van der Waals surface area contributed by atoms with Crippen molar-refractivity contribution >= 4 is 11.6 Å². The molecule has 1 saturated carbocycles. The predicted molar refractivity (Wildman–Crippen MR) is 82.5 cm³/mol. The molecule has 1 aliphatic rings. The number of nitrogens with one attached hydrogen (secondary N) is 1. The normalized spacial score (nSPS) is 14.2. The van der Waals surface area contributed by atoms with Crippen LogP contribution >= 0.6 is 0 Å². The summed E-state index contributed by atoms with van der Waals surface area (Å²) in [6, 6.07) is 11.5. The minimum absolute atomic E-state index is 0.220. The zero-order valence-electron chi connectivity index (χ0n) is 12.3. The molecule has 4 nitrogen and oxygen atoms in total. The molecule has 1 heterocycles. The molecule has 21 heavy (non-hydrogen) atoms. The average Bonchev–Trinajstić information content (AvgIpc) is 3.32. The van der Waals surface area contributed by atoms with Crippen molar-refractivity contribution in [2.45, 2.75) is 38.5 Å². The molecular formula is C17H19N3O. The number of nitrogens with zero attached hydrogens (tertiary/aromatic N) is 2. The largest absolute Gasteiger partial charge is 0.321 e. The van der Waals surface area contributed by atoms with E-state index in [0.29, 0.717) is 17.5 Å². The zero-order chi connectivity index (χ0) is 14.8. The molecule has 0 bridgehead atoms. The summed E-state index contributed by atoms with van der Waals surface area (Å²) >= 11 is 0. The molecule has 1 N–H and O–H groups in total. The Kier molecular flexibility index (Phi) is 3.69. The van der Waals surface area contributed by atoms with Gasteiger partial charge in [0.2, 0.25) is 0 Å². The standard InChI is InChI=1S/C17H19N3O/c1-11(2)12-5-7-14(8-6-12)18-17(21)16-10-9-15(19-20-16)13-3-4-13/h5-11,13H,3-4H2,1-2H3,(H,18,21). The highest BCUT2D eigenvalue weighted by Gasteiger charge is 2.25. The lowest BCUT2D eigenvalue weighted by molar-refractivity contribution is 0.102. The van der Waals surface area contributed by atoms with E-state index in [4.69, 9.17) is 0 Å². The van der Waals surface area contributed by atoms with Gasteiger partial charge in [0.15, 0.2) is 5.69 Å². The van der Waals surface area contributed by atoms with E-state index in [0.717, 1.165) is 11.4 Å². The minimum atomic E-state index is -0.220. The fourth-order valence-electron chi connectivity index (χ4n) is 2.21. The van der Waals surface area contributed by atoms with Crippen LogP contribution < -0.4 is 5.32 Å². The summed E-state index contributed by atoms with van der Waals surface area (Å²) in [7, 11) is 0. The fraction of sp³-hybridized carbons (Fsp3) is 0.353. The summed E-state index contributed by atoms with van der Waals surface area (Å²) in [5, 5.41) is 11.0. The second kappa shape index (κ2) is 5.64. The second-order valence-electron chi connectivity index (χ2n) is 5.85. The van der Waals surface area contributed by atoms with Gasteiger partial charge < -0.3 is 5.32 Å². The molecular weight excluding hydrogens is 262 g/mol. The van der Waals surface area contributed by atoms with Gasteiger partial charge in [-0.05, 0) is 48.6 Å². The van der Waals surface area contributed by atoms with Gasteiger partial charge in [0.25, 0.3) is 5.91 Å². The van der Waals surface area contributed by atoms with Crippen LogP contribution in [-0.2, 0) is 0 Å². The van der Waals surface area contributed by atoms with Gasteiger partial charge in [-0.3, -0.25) is 4.79 Å². The number of aromatic nitrogens is 2. The van der Waals surface area contributed by atoms with Crippen LogP contribution in [0.3, 0.4) is 0 Å². The van der Waals surface area contributed by atoms with Crippen molar-refractivity contribution in [3.63, 3.8) is 0 Å². The van der Waals surface area contributed by atoms with Gasteiger partial charge in [-0.2, -0.15) is 5.10 Å². The summed E-state index contributed by atoms with van der Waals surface area (Å²) in [6.07, 6.45) is 2.37. The summed E-state index contributed by atoms with van der Waals surface area (Å²) in [6.45, 7) is 4.29. The maximum Gasteiger partial charge on any atom is 0.276 e. The summed E-state index contributed by atoms with van der Waals surface area (Å²) < 4.78 is 0. The molecule has 0 radical (unpaired) electrons. The van der Waals surface area contributed by atoms with Crippen LogP contribution in [0.15, 0.2) is 36.4 Å². The minimum Gasteiger partial charge on any atom is -0.321 e. The molecule has 1 aromatic heterocycles. The van der Waals surface area contributed by atoms with E-state index in [1.54, 1.807) is 6.07 Å². The van der Waals surface area contributed by atoms with Crippen molar-refractivity contribution in [3.8, 4) is 0 Å². The summed E-state index contributed by atoms with van der Waals surface area (Å²) in [5.74, 6) is 0.816. The van der Waals surface area contributed by atoms with E-state index in [1.165, 1.54) is 18.4 Å². The monoisotopic (exact) mass is 281 g/mol. The topological polar surface area (TPSA) is 54.9 Å². The lowest BCUT2D eigenvalue weighted by atomic mass is 10.0. The number of carbonyl (C=O) groups is 1. The number of hydrogen-bond donors (Lipinski definition) is 1. The van der Waals surface area contributed by atoms with Crippen LogP contribution in [0.5, 0.6) is 0 Å². The van der Waals surface area contributed by atoms with Gasteiger partial charge in [-0.25, -0.2) is 0 Å². The lowest BCUT2D eigenvalue weighted by Crippen LogP contribution is -2.14. The molecule has 0 spiro atoms. The number of amides is 1. The fourth-order valence-corrected chi connectivity index (χ4v) is 2.21. The molecule has 0 unspecified atom stereocenters. The third kappa shape index (κ3) is 3.27. The Morgan fingerprint density at radius 3 is 2.33 bits per heavy atom. The van der Waals surface area contributed by atoms with E-state index >= 15 is 0 Å². The first-order valence-electron chi connectivity index (χ1n) is 7.38. The number of carbonyl (C=O) groups excluding carboxylic acids is 1. The number of rotatable bonds is 4. The zero-order valence-corrected chi connectivity index (χ0v) is 12.3. The highest BCUT2D eigenvalue weighted by Crippen LogP contribution is 2.38. The van der Waals surface area contributed by atoms with Gasteiger partial charge in [-0.1, -0.05) is 26.0 Å². The highest BCUT2D eigenvalue weighted by atomic mass is 16.1.